The van der Waals surface area contributed by atoms with Gasteiger partial charge in [0.25, 0.3) is 0 Å². The average Bonchev–Trinajstić information content (AvgIpc) is 3.00. The molecule has 2 rings (SSSR count). The number of halogens is 1. The molecule has 6 heteroatoms. The van der Waals surface area contributed by atoms with E-state index >= 15 is 0 Å². The number of carbonyl (C=O) groups is 2. The summed E-state index contributed by atoms with van der Waals surface area (Å²) < 4.78 is 11.3. The first-order valence-corrected chi connectivity index (χ1v) is 8.17. The third kappa shape index (κ3) is 4.47. The van der Waals surface area contributed by atoms with Gasteiger partial charge in [0, 0.05) is 17.4 Å². The highest BCUT2D eigenvalue weighted by Crippen LogP contribution is 2.20. The predicted octanol–water partition coefficient (Wildman–Crippen LogP) is 2.77. The average molecular weight is 370 g/mol. The van der Waals surface area contributed by atoms with Crippen molar-refractivity contribution in [3.05, 3.63) is 28.7 Å². The summed E-state index contributed by atoms with van der Waals surface area (Å²) in [5.41, 5.74) is 0. The zero-order valence-corrected chi connectivity index (χ0v) is 14.2. The van der Waals surface area contributed by atoms with Crippen LogP contribution in [-0.4, -0.2) is 43.1 Å². The fourth-order valence-electron chi connectivity index (χ4n) is 2.56. The molecule has 1 heterocycles. The molecule has 0 unspecified atom stereocenters. The SMILES string of the molecule is COC(=O)[C@@H]1CCCN1C(=O)CCCOc1cccc(Br)c1. The van der Waals surface area contributed by atoms with Crippen LogP contribution in [0.3, 0.4) is 0 Å². The Bertz CT molecular complexity index is 535. The number of likely N-dealkylation sites (tertiary alicyclic amines) is 1. The number of hydrogen-bond donors (Lipinski definition) is 0. The van der Waals surface area contributed by atoms with Crippen LogP contribution >= 0.6 is 15.9 Å². The summed E-state index contributed by atoms with van der Waals surface area (Å²) in [5, 5.41) is 0. The van der Waals surface area contributed by atoms with Gasteiger partial charge in [-0.05, 0) is 37.5 Å². The number of methoxy groups -OCH3 is 1. The molecule has 1 aliphatic rings. The number of ether oxygens (including phenoxy) is 2. The molecule has 0 saturated carbocycles. The van der Waals surface area contributed by atoms with Crippen LogP contribution in [-0.2, 0) is 14.3 Å². The van der Waals surface area contributed by atoms with Crippen molar-refractivity contribution in [1.82, 2.24) is 4.90 Å². The molecule has 1 atom stereocenters. The lowest BCUT2D eigenvalue weighted by molar-refractivity contribution is -0.151. The fraction of sp³-hybridized carbons (Fsp3) is 0.500. The normalized spacial score (nSPS) is 17.4. The lowest BCUT2D eigenvalue weighted by Gasteiger charge is -2.22. The minimum absolute atomic E-state index is 0.00857. The van der Waals surface area contributed by atoms with Crippen molar-refractivity contribution in [2.24, 2.45) is 0 Å². The van der Waals surface area contributed by atoms with Crippen LogP contribution in [0.2, 0.25) is 0 Å². The van der Waals surface area contributed by atoms with Crippen LogP contribution < -0.4 is 4.74 Å². The van der Waals surface area contributed by atoms with Gasteiger partial charge in [0.2, 0.25) is 5.91 Å². The maximum atomic E-state index is 12.2. The van der Waals surface area contributed by atoms with Gasteiger partial charge in [-0.1, -0.05) is 22.0 Å². The molecule has 0 aromatic heterocycles. The molecule has 120 valence electrons. The van der Waals surface area contributed by atoms with E-state index in [9.17, 15) is 9.59 Å². The Kier molecular flexibility index (Phi) is 6.24. The third-order valence-electron chi connectivity index (χ3n) is 3.65. The molecule has 1 amide bonds. The molecule has 1 saturated heterocycles. The molecule has 0 aliphatic carbocycles. The first-order valence-electron chi connectivity index (χ1n) is 7.37. The fourth-order valence-corrected chi connectivity index (χ4v) is 2.94. The summed E-state index contributed by atoms with van der Waals surface area (Å²) in [6, 6.07) is 7.17. The van der Waals surface area contributed by atoms with Gasteiger partial charge < -0.3 is 14.4 Å². The van der Waals surface area contributed by atoms with Crippen LogP contribution in [0.25, 0.3) is 0 Å². The van der Waals surface area contributed by atoms with E-state index in [1.807, 2.05) is 24.3 Å². The number of hydrogen-bond acceptors (Lipinski definition) is 4. The smallest absolute Gasteiger partial charge is 0.328 e. The second kappa shape index (κ2) is 8.17. The van der Waals surface area contributed by atoms with E-state index in [1.165, 1.54) is 7.11 Å². The molecule has 1 aromatic rings. The molecule has 0 bridgehead atoms. The number of benzene rings is 1. The Balaban J connectivity index is 1.74. The highest BCUT2D eigenvalue weighted by molar-refractivity contribution is 9.10. The largest absolute Gasteiger partial charge is 0.494 e. The molecule has 1 aromatic carbocycles. The molecule has 5 nitrogen and oxygen atoms in total. The number of esters is 1. The van der Waals surface area contributed by atoms with E-state index in [-0.39, 0.29) is 11.9 Å². The summed E-state index contributed by atoms with van der Waals surface area (Å²) in [6.07, 6.45) is 2.53. The van der Waals surface area contributed by atoms with Crippen molar-refractivity contribution >= 4 is 27.8 Å². The van der Waals surface area contributed by atoms with Crippen molar-refractivity contribution in [2.45, 2.75) is 31.7 Å². The lowest BCUT2D eigenvalue weighted by Crippen LogP contribution is -2.41. The van der Waals surface area contributed by atoms with Gasteiger partial charge in [-0.25, -0.2) is 4.79 Å². The van der Waals surface area contributed by atoms with Gasteiger partial charge in [0.15, 0.2) is 0 Å². The standard InChI is InChI=1S/C16H20BrNO4/c1-21-16(20)14-7-3-9-18(14)15(19)8-4-10-22-13-6-2-5-12(17)11-13/h2,5-6,11,14H,3-4,7-10H2,1H3/t14-/m0/s1. The van der Waals surface area contributed by atoms with E-state index in [4.69, 9.17) is 9.47 Å². The second-order valence-electron chi connectivity index (χ2n) is 5.18. The zero-order chi connectivity index (χ0) is 15.9. The first-order chi connectivity index (χ1) is 10.6. The van der Waals surface area contributed by atoms with E-state index < -0.39 is 6.04 Å². The highest BCUT2D eigenvalue weighted by Gasteiger charge is 2.34. The minimum Gasteiger partial charge on any atom is -0.494 e. The molecule has 0 spiro atoms. The Morgan fingerprint density at radius 2 is 2.23 bits per heavy atom. The van der Waals surface area contributed by atoms with Crippen molar-refractivity contribution in [3.63, 3.8) is 0 Å². The minimum atomic E-state index is -0.413. The zero-order valence-electron chi connectivity index (χ0n) is 12.6. The first kappa shape index (κ1) is 16.8. The quantitative estimate of drug-likeness (QED) is 0.571. The van der Waals surface area contributed by atoms with Crippen LogP contribution in [0.15, 0.2) is 28.7 Å². The molecular weight excluding hydrogens is 350 g/mol. The van der Waals surface area contributed by atoms with Crippen molar-refractivity contribution in [2.75, 3.05) is 20.3 Å². The topological polar surface area (TPSA) is 55.8 Å². The van der Waals surface area contributed by atoms with Crippen molar-refractivity contribution < 1.29 is 19.1 Å². The van der Waals surface area contributed by atoms with Crippen LogP contribution in [0.5, 0.6) is 5.75 Å². The Morgan fingerprint density at radius 1 is 1.41 bits per heavy atom. The van der Waals surface area contributed by atoms with E-state index in [0.29, 0.717) is 32.4 Å². The molecular formula is C16H20BrNO4. The maximum absolute atomic E-state index is 12.2. The summed E-state index contributed by atoms with van der Waals surface area (Å²) in [4.78, 5) is 25.5. The monoisotopic (exact) mass is 369 g/mol. The number of amides is 1. The number of carbonyl (C=O) groups excluding carboxylic acids is 2. The molecule has 0 N–H and O–H groups in total. The summed E-state index contributed by atoms with van der Waals surface area (Å²) in [5.74, 6) is 0.442. The van der Waals surface area contributed by atoms with E-state index in [0.717, 1.165) is 16.6 Å². The van der Waals surface area contributed by atoms with Crippen LogP contribution in [0.1, 0.15) is 25.7 Å². The van der Waals surface area contributed by atoms with E-state index in [2.05, 4.69) is 15.9 Å². The maximum Gasteiger partial charge on any atom is 0.328 e. The molecule has 22 heavy (non-hydrogen) atoms. The summed E-state index contributed by atoms with van der Waals surface area (Å²) >= 11 is 3.38. The number of nitrogens with zero attached hydrogens (tertiary/aromatic N) is 1. The third-order valence-corrected chi connectivity index (χ3v) is 4.14. The van der Waals surface area contributed by atoms with Crippen molar-refractivity contribution in [3.8, 4) is 5.75 Å². The van der Waals surface area contributed by atoms with Gasteiger partial charge in [-0.15, -0.1) is 0 Å². The summed E-state index contributed by atoms with van der Waals surface area (Å²) in [7, 11) is 1.36. The molecule has 1 fully saturated rings. The number of rotatable bonds is 6. The van der Waals surface area contributed by atoms with Gasteiger partial charge in [0.1, 0.15) is 11.8 Å². The Morgan fingerprint density at radius 3 is 2.95 bits per heavy atom. The van der Waals surface area contributed by atoms with Crippen molar-refractivity contribution in [1.29, 1.82) is 0 Å². The molecule has 1 aliphatic heterocycles. The Labute approximate surface area is 138 Å². The van der Waals surface area contributed by atoms with Gasteiger partial charge in [-0.3, -0.25) is 4.79 Å². The Hall–Kier alpha value is -1.56. The van der Waals surface area contributed by atoms with Gasteiger partial charge in [0.05, 0.1) is 13.7 Å². The highest BCUT2D eigenvalue weighted by atomic mass is 79.9. The lowest BCUT2D eigenvalue weighted by atomic mass is 10.2. The van der Waals surface area contributed by atoms with Gasteiger partial charge >= 0.3 is 5.97 Å². The summed E-state index contributed by atoms with van der Waals surface area (Å²) in [6.45, 7) is 1.10. The predicted molar refractivity (Wildman–Crippen MR) is 85.6 cm³/mol. The second-order valence-corrected chi connectivity index (χ2v) is 6.09. The van der Waals surface area contributed by atoms with Crippen LogP contribution in [0.4, 0.5) is 0 Å². The van der Waals surface area contributed by atoms with Crippen LogP contribution in [0, 0.1) is 0 Å². The van der Waals surface area contributed by atoms with Gasteiger partial charge in [-0.2, -0.15) is 0 Å². The van der Waals surface area contributed by atoms with E-state index in [1.54, 1.807) is 4.90 Å². The molecule has 0 radical (unpaired) electrons.